The van der Waals surface area contributed by atoms with Crippen molar-refractivity contribution in [3.8, 4) is 0 Å². The zero-order valence-corrected chi connectivity index (χ0v) is 3.69. The summed E-state index contributed by atoms with van der Waals surface area (Å²) in [5.41, 5.74) is 0. The standard InChI is InChI=1S/C5H5FN/c6-5-3-1-2-4-7-5/h1-4,7H. The van der Waals surface area contributed by atoms with Crippen LogP contribution in [0.3, 0.4) is 0 Å². The molecule has 0 aromatic carbocycles. The summed E-state index contributed by atoms with van der Waals surface area (Å²) < 4.78 is 11.9. The molecule has 0 saturated carbocycles. The van der Waals surface area contributed by atoms with Crippen molar-refractivity contribution >= 4 is 0 Å². The van der Waals surface area contributed by atoms with E-state index in [0.29, 0.717) is 0 Å². The average molecular weight is 98.1 g/mol. The first-order valence-electron chi connectivity index (χ1n) is 2.02. The van der Waals surface area contributed by atoms with Crippen LogP contribution in [-0.4, -0.2) is 0 Å². The predicted molar refractivity (Wildman–Crippen MR) is 25.8 cm³/mol. The van der Waals surface area contributed by atoms with Crippen molar-refractivity contribution in [2.24, 2.45) is 0 Å². The van der Waals surface area contributed by atoms with Crippen LogP contribution in [0, 0.1) is 6.30 Å². The Labute approximate surface area is 41.5 Å². The highest BCUT2D eigenvalue weighted by Gasteiger charge is 1.98. The number of hydrogen-bond donors (Lipinski definition) is 1. The van der Waals surface area contributed by atoms with E-state index in [0.717, 1.165) is 0 Å². The van der Waals surface area contributed by atoms with Gasteiger partial charge in [0.2, 0.25) is 0 Å². The smallest absolute Gasteiger partial charge is 0.255 e. The highest BCUT2D eigenvalue weighted by atomic mass is 19.1. The Morgan fingerprint density at radius 3 is 2.57 bits per heavy atom. The largest absolute Gasteiger partial charge is 0.352 e. The van der Waals surface area contributed by atoms with Crippen LogP contribution < -0.4 is 5.32 Å². The molecular weight excluding hydrogens is 93.1 g/mol. The van der Waals surface area contributed by atoms with Gasteiger partial charge in [0, 0.05) is 0 Å². The van der Waals surface area contributed by atoms with Crippen molar-refractivity contribution in [3.63, 3.8) is 0 Å². The summed E-state index contributed by atoms with van der Waals surface area (Å²) in [6.45, 7) is 0. The lowest BCUT2D eigenvalue weighted by Crippen LogP contribution is -2.08. The first-order chi connectivity index (χ1) is 3.39. The fourth-order valence-electron chi connectivity index (χ4n) is 0.371. The number of hydrogen-bond acceptors (Lipinski definition) is 1. The minimum atomic E-state index is -0.303. The Kier molecular flexibility index (Phi) is 1.11. The second-order valence-corrected chi connectivity index (χ2v) is 1.21. The van der Waals surface area contributed by atoms with Gasteiger partial charge in [-0.05, 0) is 18.4 Å². The van der Waals surface area contributed by atoms with Crippen LogP contribution in [0.15, 0.2) is 24.4 Å². The molecule has 2 heteroatoms. The zero-order chi connectivity index (χ0) is 5.11. The van der Waals surface area contributed by atoms with Gasteiger partial charge in [-0.1, -0.05) is 6.08 Å². The molecule has 0 amide bonds. The molecule has 1 radical (unpaired) electrons. The fourth-order valence-corrected chi connectivity index (χ4v) is 0.371. The van der Waals surface area contributed by atoms with E-state index in [1.807, 2.05) is 0 Å². The van der Waals surface area contributed by atoms with Gasteiger partial charge < -0.3 is 5.32 Å². The van der Waals surface area contributed by atoms with Gasteiger partial charge in [0.15, 0.2) is 0 Å². The molecule has 0 aromatic rings. The molecule has 1 N–H and O–H groups in total. The van der Waals surface area contributed by atoms with E-state index in [2.05, 4.69) is 5.32 Å². The van der Waals surface area contributed by atoms with Crippen molar-refractivity contribution in [2.75, 3.05) is 0 Å². The van der Waals surface area contributed by atoms with E-state index in [4.69, 9.17) is 0 Å². The Morgan fingerprint density at radius 2 is 2.29 bits per heavy atom. The number of rotatable bonds is 0. The fraction of sp³-hybridized carbons (Fsp3) is 0. The average Bonchev–Trinajstić information content (AvgIpc) is 1.69. The Morgan fingerprint density at radius 1 is 1.43 bits per heavy atom. The second-order valence-electron chi connectivity index (χ2n) is 1.21. The third kappa shape index (κ3) is 1.03. The molecule has 1 heterocycles. The molecule has 0 aromatic heterocycles. The molecule has 0 unspecified atom stereocenters. The molecule has 1 nitrogen and oxygen atoms in total. The van der Waals surface area contributed by atoms with Crippen LogP contribution in [0.4, 0.5) is 4.39 Å². The molecule has 7 heavy (non-hydrogen) atoms. The third-order valence-electron chi connectivity index (χ3n) is 0.671. The Balaban J connectivity index is 2.49. The van der Waals surface area contributed by atoms with Gasteiger partial charge in [-0.3, -0.25) is 0 Å². The SMILES string of the molecule is F[C]1C=CC=CN1. The first-order valence-corrected chi connectivity index (χ1v) is 2.02. The molecule has 1 rings (SSSR count). The summed E-state index contributed by atoms with van der Waals surface area (Å²) in [4.78, 5) is 0. The van der Waals surface area contributed by atoms with Gasteiger partial charge in [-0.25, -0.2) is 4.39 Å². The first kappa shape index (κ1) is 4.37. The number of dihydropyridines is 1. The van der Waals surface area contributed by atoms with E-state index in [9.17, 15) is 4.39 Å². The highest BCUT2D eigenvalue weighted by molar-refractivity contribution is 5.16. The number of nitrogens with one attached hydrogen (secondary N) is 1. The van der Waals surface area contributed by atoms with Crippen molar-refractivity contribution in [1.29, 1.82) is 0 Å². The van der Waals surface area contributed by atoms with Crippen molar-refractivity contribution in [3.05, 3.63) is 30.7 Å². The number of halogens is 1. The van der Waals surface area contributed by atoms with Gasteiger partial charge in [0.25, 0.3) is 6.30 Å². The second kappa shape index (κ2) is 1.78. The molecule has 0 spiro atoms. The van der Waals surface area contributed by atoms with Gasteiger partial charge in [-0.15, -0.1) is 0 Å². The lowest BCUT2D eigenvalue weighted by atomic mass is 10.4. The van der Waals surface area contributed by atoms with Crippen molar-refractivity contribution < 1.29 is 4.39 Å². The molecular formula is C5H5FN. The highest BCUT2D eigenvalue weighted by Crippen LogP contribution is 2.01. The Hall–Kier alpha value is -0.790. The van der Waals surface area contributed by atoms with E-state index in [1.165, 1.54) is 12.3 Å². The van der Waals surface area contributed by atoms with Crippen LogP contribution in [0.2, 0.25) is 0 Å². The topological polar surface area (TPSA) is 12.0 Å². The van der Waals surface area contributed by atoms with Crippen LogP contribution in [0.5, 0.6) is 0 Å². The minimum Gasteiger partial charge on any atom is -0.352 e. The maximum Gasteiger partial charge on any atom is 0.255 e. The predicted octanol–water partition coefficient (Wildman–Crippen LogP) is 1.12. The van der Waals surface area contributed by atoms with Gasteiger partial charge >= 0.3 is 0 Å². The molecule has 1 aliphatic rings. The minimum absolute atomic E-state index is 0.303. The molecule has 0 bridgehead atoms. The Bertz CT molecular complexity index is 107. The molecule has 1 aliphatic heterocycles. The molecule has 0 fully saturated rings. The van der Waals surface area contributed by atoms with Crippen LogP contribution >= 0.6 is 0 Å². The summed E-state index contributed by atoms with van der Waals surface area (Å²) >= 11 is 0. The van der Waals surface area contributed by atoms with Gasteiger partial charge in [-0.2, -0.15) is 0 Å². The maximum absolute atomic E-state index is 11.9. The summed E-state index contributed by atoms with van der Waals surface area (Å²) in [5, 5.41) is 2.36. The normalized spacial score (nSPS) is 19.6. The van der Waals surface area contributed by atoms with Gasteiger partial charge in [0.1, 0.15) is 0 Å². The number of allylic oxidation sites excluding steroid dienone is 2. The van der Waals surface area contributed by atoms with Crippen LogP contribution in [0.25, 0.3) is 0 Å². The van der Waals surface area contributed by atoms with Crippen LogP contribution in [0.1, 0.15) is 0 Å². The lowest BCUT2D eigenvalue weighted by molar-refractivity contribution is 0.495. The zero-order valence-electron chi connectivity index (χ0n) is 3.69. The lowest BCUT2D eigenvalue weighted by Gasteiger charge is -2.01. The molecule has 0 atom stereocenters. The molecule has 37 valence electrons. The quantitative estimate of drug-likeness (QED) is 0.447. The van der Waals surface area contributed by atoms with E-state index in [1.54, 1.807) is 12.2 Å². The maximum atomic E-state index is 11.9. The monoisotopic (exact) mass is 98.0 g/mol. The van der Waals surface area contributed by atoms with Crippen molar-refractivity contribution in [2.45, 2.75) is 0 Å². The van der Waals surface area contributed by atoms with Crippen molar-refractivity contribution in [1.82, 2.24) is 5.32 Å². The van der Waals surface area contributed by atoms with Gasteiger partial charge in [0.05, 0.1) is 0 Å². The van der Waals surface area contributed by atoms with E-state index < -0.39 is 0 Å². The van der Waals surface area contributed by atoms with Crippen LogP contribution in [-0.2, 0) is 0 Å². The summed E-state index contributed by atoms with van der Waals surface area (Å²) in [6.07, 6.45) is 5.95. The molecule has 0 saturated heterocycles. The summed E-state index contributed by atoms with van der Waals surface area (Å²) in [5.74, 6) is 0. The van der Waals surface area contributed by atoms with E-state index in [-0.39, 0.29) is 6.30 Å². The van der Waals surface area contributed by atoms with E-state index >= 15 is 0 Å². The summed E-state index contributed by atoms with van der Waals surface area (Å²) in [7, 11) is 0. The summed E-state index contributed by atoms with van der Waals surface area (Å²) in [6, 6.07) is 0. The third-order valence-corrected chi connectivity index (χ3v) is 0.671. The molecule has 0 aliphatic carbocycles.